The van der Waals surface area contributed by atoms with Crippen LogP contribution in [0.1, 0.15) is 19.4 Å². The van der Waals surface area contributed by atoms with E-state index in [-0.39, 0.29) is 11.9 Å². The molecule has 0 aromatic carbocycles. The number of amides is 1. The predicted octanol–water partition coefficient (Wildman–Crippen LogP) is 3.06. The molecule has 14 heteroatoms. The van der Waals surface area contributed by atoms with Crippen molar-refractivity contribution < 1.29 is 22.8 Å². The number of fused-ring (bicyclic) bond motifs is 1. The molecular formula is C28H30F3N9O2. The van der Waals surface area contributed by atoms with Gasteiger partial charge in [0, 0.05) is 80.1 Å². The van der Waals surface area contributed by atoms with Gasteiger partial charge in [0.25, 0.3) is 0 Å². The third kappa shape index (κ3) is 7.49. The zero-order valence-electron chi connectivity index (χ0n) is 23.3. The second kappa shape index (κ2) is 12.8. The summed E-state index contributed by atoms with van der Waals surface area (Å²) in [4.78, 5) is 29.9. The molecule has 1 N–H and O–H groups in total. The van der Waals surface area contributed by atoms with Crippen molar-refractivity contribution in [3.8, 4) is 28.3 Å². The van der Waals surface area contributed by atoms with Crippen LogP contribution < -0.4 is 10.2 Å². The van der Waals surface area contributed by atoms with Gasteiger partial charge in [-0.2, -0.15) is 28.6 Å². The van der Waals surface area contributed by atoms with E-state index in [1.54, 1.807) is 15.4 Å². The van der Waals surface area contributed by atoms with Crippen molar-refractivity contribution in [2.75, 3.05) is 37.6 Å². The highest BCUT2D eigenvalue weighted by atomic mass is 19.4. The van der Waals surface area contributed by atoms with E-state index < -0.39 is 12.5 Å². The van der Waals surface area contributed by atoms with Gasteiger partial charge in [0.1, 0.15) is 11.9 Å². The lowest BCUT2D eigenvalue weighted by Gasteiger charge is -2.35. The van der Waals surface area contributed by atoms with Gasteiger partial charge in [0.2, 0.25) is 12.2 Å². The van der Waals surface area contributed by atoms with Crippen LogP contribution in [0.15, 0.2) is 49.2 Å². The van der Waals surface area contributed by atoms with Crippen molar-refractivity contribution in [3.63, 3.8) is 0 Å². The van der Waals surface area contributed by atoms with E-state index in [9.17, 15) is 23.2 Å². The standard InChI is InChI=1S/C26H29N9O.C2HF3O/c1-18(2)31-25(36)17-33-6-8-34(9-7-33)24-5-4-19(12-28-24)23-10-20(22-14-29-32(3)15-22)16-35-26(23)21(11-27)13-30-35;3-2(4,5)1-6/h4-5,10,12-16,18H,6-9,17H2,1-3H3,(H,31,36);1H. The van der Waals surface area contributed by atoms with Crippen molar-refractivity contribution in [1.29, 1.82) is 5.26 Å². The highest BCUT2D eigenvalue weighted by Gasteiger charge is 2.25. The summed E-state index contributed by atoms with van der Waals surface area (Å²) in [6.07, 6.45) is 3.43. The molecule has 42 heavy (non-hydrogen) atoms. The highest BCUT2D eigenvalue weighted by Crippen LogP contribution is 2.32. The number of pyridine rings is 2. The topological polar surface area (TPSA) is 124 Å². The zero-order chi connectivity index (χ0) is 30.4. The molecule has 0 aliphatic carbocycles. The fourth-order valence-corrected chi connectivity index (χ4v) is 4.59. The van der Waals surface area contributed by atoms with E-state index in [0.717, 1.165) is 59.8 Å². The summed E-state index contributed by atoms with van der Waals surface area (Å²) in [5.74, 6) is 0.968. The molecule has 0 radical (unpaired) electrons. The van der Waals surface area contributed by atoms with Crippen molar-refractivity contribution in [3.05, 3.63) is 54.7 Å². The molecule has 1 aliphatic heterocycles. The highest BCUT2D eigenvalue weighted by molar-refractivity contribution is 5.87. The Morgan fingerprint density at radius 2 is 1.79 bits per heavy atom. The van der Waals surface area contributed by atoms with Gasteiger partial charge >= 0.3 is 6.18 Å². The van der Waals surface area contributed by atoms with E-state index in [1.807, 2.05) is 57.8 Å². The summed E-state index contributed by atoms with van der Waals surface area (Å²) in [5, 5.41) is 21.3. The number of halogens is 3. The Labute approximate surface area is 240 Å². The lowest BCUT2D eigenvalue weighted by Crippen LogP contribution is -2.50. The van der Waals surface area contributed by atoms with Crippen LogP contribution in [0.3, 0.4) is 0 Å². The van der Waals surface area contributed by atoms with Gasteiger partial charge in [0.15, 0.2) is 0 Å². The maximum absolute atomic E-state index is 12.1. The molecule has 0 spiro atoms. The lowest BCUT2D eigenvalue weighted by atomic mass is 10.0. The van der Waals surface area contributed by atoms with E-state index in [2.05, 4.69) is 37.4 Å². The van der Waals surface area contributed by atoms with Crippen molar-refractivity contribution in [1.82, 2.24) is 34.6 Å². The van der Waals surface area contributed by atoms with E-state index >= 15 is 0 Å². The Hall–Kier alpha value is -4.77. The molecule has 0 bridgehead atoms. The second-order valence-corrected chi connectivity index (χ2v) is 10.1. The maximum atomic E-state index is 12.1. The minimum Gasteiger partial charge on any atom is -0.354 e. The minimum atomic E-state index is -4.64. The molecule has 0 saturated carbocycles. The first kappa shape index (κ1) is 30.2. The average molecular weight is 582 g/mol. The summed E-state index contributed by atoms with van der Waals surface area (Å²) < 4.78 is 34.8. The molecule has 0 unspecified atom stereocenters. The van der Waals surface area contributed by atoms with Crippen LogP contribution in [0.2, 0.25) is 0 Å². The van der Waals surface area contributed by atoms with E-state index in [1.165, 1.54) is 0 Å². The number of nitrogens with one attached hydrogen (secondary N) is 1. The first-order valence-electron chi connectivity index (χ1n) is 13.1. The second-order valence-electron chi connectivity index (χ2n) is 10.1. The first-order valence-corrected chi connectivity index (χ1v) is 13.1. The number of hydrogen-bond acceptors (Lipinski definition) is 8. The quantitative estimate of drug-likeness (QED) is 0.345. The number of aryl methyl sites for hydroxylation is 1. The number of piperazine rings is 1. The maximum Gasteiger partial charge on any atom is 0.446 e. The zero-order valence-corrected chi connectivity index (χ0v) is 23.3. The van der Waals surface area contributed by atoms with Crippen LogP contribution in [0, 0.1) is 11.3 Å². The van der Waals surface area contributed by atoms with Crippen molar-refractivity contribution in [2.45, 2.75) is 26.1 Å². The molecule has 220 valence electrons. The number of rotatable bonds is 6. The number of carbonyl (C=O) groups is 2. The summed E-state index contributed by atoms with van der Waals surface area (Å²) >= 11 is 0. The summed E-state index contributed by atoms with van der Waals surface area (Å²) in [6, 6.07) is 8.53. The Morgan fingerprint density at radius 3 is 2.33 bits per heavy atom. The van der Waals surface area contributed by atoms with Gasteiger partial charge in [-0.1, -0.05) is 0 Å². The van der Waals surface area contributed by atoms with Crippen LogP contribution in [0.5, 0.6) is 0 Å². The normalized spacial score (nSPS) is 13.9. The van der Waals surface area contributed by atoms with Gasteiger partial charge in [-0.25, -0.2) is 9.50 Å². The summed E-state index contributed by atoms with van der Waals surface area (Å²) in [6.45, 7) is 7.60. The molecule has 4 aromatic rings. The van der Waals surface area contributed by atoms with Gasteiger partial charge in [0.05, 0.1) is 30.0 Å². The van der Waals surface area contributed by atoms with Crippen LogP contribution in [-0.4, -0.2) is 86.4 Å². The SMILES string of the molecule is CC(C)NC(=O)CN1CCN(c2ccc(-c3cc(-c4cnn(C)c4)cn4ncc(C#N)c34)cn2)CC1.O=CC(F)(F)F. The minimum absolute atomic E-state index is 0.0670. The fourth-order valence-electron chi connectivity index (χ4n) is 4.59. The molecule has 5 rings (SSSR count). The van der Waals surface area contributed by atoms with Gasteiger partial charge < -0.3 is 10.2 Å². The number of aldehydes is 1. The molecule has 1 aliphatic rings. The number of anilines is 1. The Balaban J connectivity index is 0.000000612. The Bertz CT molecular complexity index is 1580. The number of hydrogen-bond donors (Lipinski definition) is 1. The van der Waals surface area contributed by atoms with Crippen LogP contribution in [0.4, 0.5) is 19.0 Å². The molecule has 1 fully saturated rings. The third-order valence-electron chi connectivity index (χ3n) is 6.48. The Kier molecular flexibility index (Phi) is 9.21. The molecule has 1 saturated heterocycles. The third-order valence-corrected chi connectivity index (χ3v) is 6.48. The lowest BCUT2D eigenvalue weighted by molar-refractivity contribution is -0.156. The number of nitriles is 1. The van der Waals surface area contributed by atoms with Crippen molar-refractivity contribution >= 4 is 23.5 Å². The first-order chi connectivity index (χ1) is 20.0. The number of nitrogens with zero attached hydrogens (tertiary/aromatic N) is 8. The number of aromatic nitrogens is 5. The van der Waals surface area contributed by atoms with Crippen LogP contribution in [0.25, 0.3) is 27.8 Å². The molecule has 0 atom stereocenters. The van der Waals surface area contributed by atoms with E-state index in [4.69, 9.17) is 9.78 Å². The smallest absolute Gasteiger partial charge is 0.354 e. The largest absolute Gasteiger partial charge is 0.446 e. The van der Waals surface area contributed by atoms with Crippen LogP contribution in [-0.2, 0) is 16.6 Å². The summed E-state index contributed by atoms with van der Waals surface area (Å²) in [7, 11) is 1.88. The number of carbonyl (C=O) groups excluding carboxylic acids is 2. The monoisotopic (exact) mass is 581 g/mol. The Morgan fingerprint density at radius 1 is 1.07 bits per heavy atom. The molecular weight excluding hydrogens is 551 g/mol. The summed E-state index contributed by atoms with van der Waals surface area (Å²) in [5.41, 5.74) is 5.01. The van der Waals surface area contributed by atoms with Gasteiger partial charge in [-0.05, 0) is 32.0 Å². The van der Waals surface area contributed by atoms with E-state index in [0.29, 0.717) is 12.1 Å². The van der Waals surface area contributed by atoms with Crippen molar-refractivity contribution in [2.24, 2.45) is 7.05 Å². The molecule has 4 aromatic heterocycles. The van der Waals surface area contributed by atoms with Gasteiger partial charge in [-0.15, -0.1) is 0 Å². The molecule has 5 heterocycles. The van der Waals surface area contributed by atoms with Gasteiger partial charge in [-0.3, -0.25) is 19.2 Å². The molecule has 1 amide bonds. The fraction of sp³-hybridized carbons (Fsp3) is 0.357. The predicted molar refractivity (Wildman–Crippen MR) is 149 cm³/mol. The molecule has 11 nitrogen and oxygen atoms in total. The van der Waals surface area contributed by atoms with Crippen LogP contribution >= 0.6 is 0 Å². The average Bonchev–Trinajstić information content (AvgIpc) is 3.58. The number of alkyl halides is 3.